The second-order valence-corrected chi connectivity index (χ2v) is 8.82. The molecule has 0 saturated heterocycles. The SMILES string of the molecule is Cc1ccc2cc3c(nc2c1)N(c1ccc(C(=O)Nc2ccc(I)cc2)cc1)CC3. The zero-order valence-corrected chi connectivity index (χ0v) is 18.7. The fraction of sp³-hybridized carbons (Fsp3) is 0.120. The van der Waals surface area contributed by atoms with E-state index in [2.05, 4.69) is 64.0 Å². The van der Waals surface area contributed by atoms with Crippen molar-refractivity contribution in [2.24, 2.45) is 0 Å². The minimum atomic E-state index is -0.107. The van der Waals surface area contributed by atoms with Crippen LogP contribution in [0.4, 0.5) is 17.2 Å². The first-order valence-electron chi connectivity index (χ1n) is 9.92. The Morgan fingerprint density at radius 3 is 2.53 bits per heavy atom. The number of hydrogen-bond donors (Lipinski definition) is 1. The van der Waals surface area contributed by atoms with Gasteiger partial charge < -0.3 is 10.2 Å². The number of hydrogen-bond acceptors (Lipinski definition) is 3. The Morgan fingerprint density at radius 1 is 1.00 bits per heavy atom. The molecule has 1 aliphatic heterocycles. The lowest BCUT2D eigenvalue weighted by molar-refractivity contribution is 0.102. The van der Waals surface area contributed by atoms with Gasteiger partial charge in [0.05, 0.1) is 5.52 Å². The molecule has 4 aromatic rings. The van der Waals surface area contributed by atoms with Gasteiger partial charge >= 0.3 is 0 Å². The van der Waals surface area contributed by atoms with Crippen LogP contribution in [0.1, 0.15) is 21.5 Å². The Labute approximate surface area is 189 Å². The summed E-state index contributed by atoms with van der Waals surface area (Å²) < 4.78 is 1.14. The number of carbonyl (C=O) groups is 1. The molecule has 1 N–H and O–H groups in total. The molecule has 1 aliphatic rings. The number of halogens is 1. The number of fused-ring (bicyclic) bond motifs is 2. The molecule has 0 aliphatic carbocycles. The van der Waals surface area contributed by atoms with Crippen LogP contribution in [0, 0.1) is 10.5 Å². The van der Waals surface area contributed by atoms with Gasteiger partial charge in [0.2, 0.25) is 0 Å². The summed E-state index contributed by atoms with van der Waals surface area (Å²) in [6, 6.07) is 24.2. The number of carbonyl (C=O) groups excluding carboxylic acids is 1. The second-order valence-electron chi connectivity index (χ2n) is 7.58. The standard InChI is InChI=1S/C25H20IN3O/c1-16-2-3-18-15-19-12-13-29(24(19)28-23(18)14-16)22-10-4-17(5-11-22)25(30)27-21-8-6-20(26)7-9-21/h2-11,14-15H,12-13H2,1H3,(H,27,30). The molecule has 30 heavy (non-hydrogen) atoms. The van der Waals surface area contributed by atoms with Crippen LogP contribution in [0.3, 0.4) is 0 Å². The largest absolute Gasteiger partial charge is 0.326 e. The molecule has 3 aromatic carbocycles. The van der Waals surface area contributed by atoms with E-state index in [1.165, 1.54) is 16.5 Å². The van der Waals surface area contributed by atoms with Gasteiger partial charge in [-0.2, -0.15) is 0 Å². The third kappa shape index (κ3) is 3.65. The quantitative estimate of drug-likeness (QED) is 0.343. The van der Waals surface area contributed by atoms with E-state index in [9.17, 15) is 4.79 Å². The molecule has 5 rings (SSSR count). The monoisotopic (exact) mass is 505 g/mol. The van der Waals surface area contributed by atoms with Crippen molar-refractivity contribution < 1.29 is 4.79 Å². The van der Waals surface area contributed by atoms with Gasteiger partial charge in [0.1, 0.15) is 5.82 Å². The Morgan fingerprint density at radius 2 is 1.77 bits per heavy atom. The summed E-state index contributed by atoms with van der Waals surface area (Å²) in [5, 5.41) is 4.13. The van der Waals surface area contributed by atoms with Crippen LogP contribution in [0.2, 0.25) is 0 Å². The highest BCUT2D eigenvalue weighted by Crippen LogP contribution is 2.35. The highest BCUT2D eigenvalue weighted by Gasteiger charge is 2.23. The Bertz CT molecular complexity index is 1250. The number of amides is 1. The van der Waals surface area contributed by atoms with Crippen LogP contribution in [0.25, 0.3) is 10.9 Å². The fourth-order valence-corrected chi connectivity index (χ4v) is 4.21. The van der Waals surface area contributed by atoms with Crippen molar-refractivity contribution in [3.63, 3.8) is 0 Å². The number of aryl methyl sites for hydroxylation is 1. The topological polar surface area (TPSA) is 45.2 Å². The molecule has 148 valence electrons. The summed E-state index contributed by atoms with van der Waals surface area (Å²) in [6.45, 7) is 2.98. The Kier molecular flexibility index (Phi) is 4.90. The number of nitrogens with one attached hydrogen (secondary N) is 1. The molecule has 5 heteroatoms. The van der Waals surface area contributed by atoms with E-state index in [4.69, 9.17) is 4.98 Å². The molecule has 0 saturated carbocycles. The predicted octanol–water partition coefficient (Wildman–Crippen LogP) is 6.09. The lowest BCUT2D eigenvalue weighted by Crippen LogP contribution is -2.15. The minimum absolute atomic E-state index is 0.107. The van der Waals surface area contributed by atoms with Crippen molar-refractivity contribution in [2.75, 3.05) is 16.8 Å². The maximum Gasteiger partial charge on any atom is 0.255 e. The van der Waals surface area contributed by atoms with Crippen LogP contribution in [0.5, 0.6) is 0 Å². The molecule has 1 aromatic heterocycles. The van der Waals surface area contributed by atoms with Gasteiger partial charge in [-0.15, -0.1) is 0 Å². The molecule has 0 unspecified atom stereocenters. The van der Waals surface area contributed by atoms with Crippen molar-refractivity contribution >= 4 is 56.6 Å². The zero-order valence-electron chi connectivity index (χ0n) is 16.5. The molecule has 0 bridgehead atoms. The van der Waals surface area contributed by atoms with Gasteiger partial charge in [0, 0.05) is 32.4 Å². The number of anilines is 3. The van der Waals surface area contributed by atoms with Crippen LogP contribution in [-0.4, -0.2) is 17.4 Å². The van der Waals surface area contributed by atoms with Crippen molar-refractivity contribution in [3.05, 3.63) is 93.1 Å². The summed E-state index contributed by atoms with van der Waals surface area (Å²) in [5.41, 5.74) is 5.99. The molecule has 0 radical (unpaired) electrons. The smallest absolute Gasteiger partial charge is 0.255 e. The second kappa shape index (κ2) is 7.72. The van der Waals surface area contributed by atoms with E-state index in [1.807, 2.05) is 48.5 Å². The van der Waals surface area contributed by atoms with Gasteiger partial charge in [0.25, 0.3) is 5.91 Å². The normalized spacial score (nSPS) is 12.8. The first kappa shape index (κ1) is 19.1. The van der Waals surface area contributed by atoms with Gasteiger partial charge in [0.15, 0.2) is 0 Å². The minimum Gasteiger partial charge on any atom is -0.326 e. The number of benzene rings is 3. The van der Waals surface area contributed by atoms with Crippen LogP contribution >= 0.6 is 22.6 Å². The molecule has 2 heterocycles. The number of pyridine rings is 1. The molecule has 0 fully saturated rings. The molecule has 0 atom stereocenters. The summed E-state index contributed by atoms with van der Waals surface area (Å²) in [7, 11) is 0. The lowest BCUT2D eigenvalue weighted by Gasteiger charge is -2.19. The van der Waals surface area contributed by atoms with Crippen LogP contribution in [0.15, 0.2) is 72.8 Å². The molecule has 1 amide bonds. The average molecular weight is 505 g/mol. The van der Waals surface area contributed by atoms with E-state index < -0.39 is 0 Å². The van der Waals surface area contributed by atoms with Crippen molar-refractivity contribution in [3.8, 4) is 0 Å². The Balaban J connectivity index is 1.39. The summed E-state index contributed by atoms with van der Waals surface area (Å²) >= 11 is 2.25. The van der Waals surface area contributed by atoms with Crippen molar-refractivity contribution in [1.29, 1.82) is 0 Å². The van der Waals surface area contributed by atoms with E-state index in [0.29, 0.717) is 5.56 Å². The molecule has 4 nitrogen and oxygen atoms in total. The summed E-state index contributed by atoms with van der Waals surface area (Å²) in [5.74, 6) is 0.911. The maximum absolute atomic E-state index is 12.6. The van der Waals surface area contributed by atoms with Gasteiger partial charge in [-0.05, 0) is 108 Å². The Hall–Kier alpha value is -2.93. The number of aromatic nitrogens is 1. The van der Waals surface area contributed by atoms with E-state index in [-0.39, 0.29) is 5.91 Å². The van der Waals surface area contributed by atoms with Gasteiger partial charge in [-0.3, -0.25) is 4.79 Å². The maximum atomic E-state index is 12.6. The van der Waals surface area contributed by atoms with Crippen molar-refractivity contribution in [2.45, 2.75) is 13.3 Å². The van der Waals surface area contributed by atoms with E-state index >= 15 is 0 Å². The number of nitrogens with zero attached hydrogens (tertiary/aromatic N) is 2. The van der Waals surface area contributed by atoms with Gasteiger partial charge in [-0.25, -0.2) is 4.98 Å². The predicted molar refractivity (Wildman–Crippen MR) is 131 cm³/mol. The molecular weight excluding hydrogens is 485 g/mol. The average Bonchev–Trinajstić information content (AvgIpc) is 3.16. The molecular formula is C25H20IN3O. The van der Waals surface area contributed by atoms with E-state index in [1.54, 1.807) is 0 Å². The summed E-state index contributed by atoms with van der Waals surface area (Å²) in [6.07, 6.45) is 0.973. The highest BCUT2D eigenvalue weighted by molar-refractivity contribution is 14.1. The first-order valence-corrected chi connectivity index (χ1v) is 11.0. The lowest BCUT2D eigenvalue weighted by atomic mass is 10.1. The zero-order chi connectivity index (χ0) is 20.7. The number of rotatable bonds is 3. The van der Waals surface area contributed by atoms with Crippen molar-refractivity contribution in [1.82, 2.24) is 4.98 Å². The third-order valence-electron chi connectivity index (χ3n) is 5.43. The van der Waals surface area contributed by atoms with Gasteiger partial charge in [-0.1, -0.05) is 12.1 Å². The van der Waals surface area contributed by atoms with Crippen LogP contribution in [-0.2, 0) is 6.42 Å². The molecule has 0 spiro atoms. The first-order chi connectivity index (χ1) is 14.6. The third-order valence-corrected chi connectivity index (χ3v) is 6.15. The fourth-order valence-electron chi connectivity index (χ4n) is 3.85. The van der Waals surface area contributed by atoms with E-state index in [0.717, 1.165) is 39.2 Å². The van der Waals surface area contributed by atoms with Crippen LogP contribution < -0.4 is 10.2 Å². The summed E-state index contributed by atoms with van der Waals surface area (Å²) in [4.78, 5) is 19.7. The highest BCUT2D eigenvalue weighted by atomic mass is 127.